The minimum atomic E-state index is -0.699. The third-order valence-corrected chi connectivity index (χ3v) is 4.26. The molecule has 0 fully saturated rings. The molecular formula is C26H33FN2O4. The molecule has 0 aliphatic carbocycles. The molecule has 0 aliphatic heterocycles. The first kappa shape index (κ1) is 25.9. The van der Waals surface area contributed by atoms with Gasteiger partial charge in [-0.15, -0.1) is 0 Å². The Labute approximate surface area is 195 Å². The number of rotatable bonds is 6. The van der Waals surface area contributed by atoms with Crippen LogP contribution in [0.2, 0.25) is 0 Å². The molecule has 2 aromatic rings. The molecule has 6 nitrogen and oxygen atoms in total. The fourth-order valence-corrected chi connectivity index (χ4v) is 3.00. The van der Waals surface area contributed by atoms with E-state index in [-0.39, 0.29) is 0 Å². The quantitative estimate of drug-likeness (QED) is 0.555. The van der Waals surface area contributed by atoms with Crippen LogP contribution in [0.3, 0.4) is 0 Å². The number of nitrogens with one attached hydrogen (secondary N) is 2. The van der Waals surface area contributed by atoms with Crippen LogP contribution in [-0.2, 0) is 15.9 Å². The molecule has 0 saturated carbocycles. The van der Waals surface area contributed by atoms with E-state index in [4.69, 9.17) is 9.47 Å². The first-order valence-corrected chi connectivity index (χ1v) is 10.8. The molecule has 2 aromatic carbocycles. The van der Waals surface area contributed by atoms with Gasteiger partial charge in [0.25, 0.3) is 0 Å². The van der Waals surface area contributed by atoms with Crippen molar-refractivity contribution in [3.05, 3.63) is 83.3 Å². The summed E-state index contributed by atoms with van der Waals surface area (Å²) in [6.07, 6.45) is 0.678. The van der Waals surface area contributed by atoms with Crippen molar-refractivity contribution < 1.29 is 23.5 Å². The first-order chi connectivity index (χ1) is 15.3. The van der Waals surface area contributed by atoms with Crippen molar-refractivity contribution in [1.29, 1.82) is 0 Å². The smallest absolute Gasteiger partial charge is 0.411 e. The Bertz CT molecular complexity index is 959. The van der Waals surface area contributed by atoms with Crippen LogP contribution in [0.5, 0.6) is 0 Å². The second kappa shape index (κ2) is 11.0. The molecule has 0 saturated heterocycles. The maximum atomic E-state index is 13.6. The lowest BCUT2D eigenvalue weighted by molar-refractivity contribution is 0.0510. The standard InChI is InChI=1S/C26H33FN2O4/c1-25(2,3)32-23(30)28-17-20(16-18-10-8-7-9-11-18)22(19-12-14-21(27)15-13-19)29-24(31)33-26(4,5)6/h7-15,17,22H,16H2,1-6H3,(H,28,30)(H,29,31)/b20-17+. The van der Waals surface area contributed by atoms with E-state index in [1.807, 2.05) is 30.3 Å². The predicted octanol–water partition coefficient (Wildman–Crippen LogP) is 6.04. The van der Waals surface area contributed by atoms with Crippen LogP contribution < -0.4 is 10.6 Å². The second-order valence-electron chi connectivity index (χ2n) is 9.66. The van der Waals surface area contributed by atoms with Crippen molar-refractivity contribution in [2.75, 3.05) is 0 Å². The van der Waals surface area contributed by atoms with E-state index < -0.39 is 35.2 Å². The molecule has 2 amide bonds. The highest BCUT2D eigenvalue weighted by atomic mass is 19.1. The molecule has 178 valence electrons. The molecule has 0 bridgehead atoms. The fraction of sp³-hybridized carbons (Fsp3) is 0.385. The molecule has 0 radical (unpaired) electrons. The second-order valence-corrected chi connectivity index (χ2v) is 9.66. The van der Waals surface area contributed by atoms with Gasteiger partial charge in [-0.25, -0.2) is 14.0 Å². The summed E-state index contributed by atoms with van der Waals surface area (Å²) in [4.78, 5) is 24.9. The topological polar surface area (TPSA) is 76.7 Å². The molecule has 0 heterocycles. The summed E-state index contributed by atoms with van der Waals surface area (Å²) in [6, 6.07) is 14.7. The molecule has 0 aromatic heterocycles. The summed E-state index contributed by atoms with van der Waals surface area (Å²) in [7, 11) is 0. The lowest BCUT2D eigenvalue weighted by atomic mass is 9.94. The molecule has 7 heteroatoms. The van der Waals surface area contributed by atoms with Gasteiger partial charge in [-0.1, -0.05) is 42.5 Å². The maximum absolute atomic E-state index is 13.6. The minimum absolute atomic E-state index is 0.393. The number of halogens is 1. The van der Waals surface area contributed by atoms with Crippen LogP contribution in [0.4, 0.5) is 14.0 Å². The average Bonchev–Trinajstić information content (AvgIpc) is 2.68. The van der Waals surface area contributed by atoms with Gasteiger partial charge in [0.1, 0.15) is 17.0 Å². The van der Waals surface area contributed by atoms with Crippen molar-refractivity contribution in [3.8, 4) is 0 Å². The van der Waals surface area contributed by atoms with Crippen LogP contribution in [0, 0.1) is 5.82 Å². The van der Waals surface area contributed by atoms with Gasteiger partial charge in [0.05, 0.1) is 6.04 Å². The summed E-state index contributed by atoms with van der Waals surface area (Å²) in [5.41, 5.74) is 0.894. The van der Waals surface area contributed by atoms with Gasteiger partial charge in [0.15, 0.2) is 0 Å². The highest BCUT2D eigenvalue weighted by Crippen LogP contribution is 2.26. The largest absolute Gasteiger partial charge is 0.444 e. The summed E-state index contributed by atoms with van der Waals surface area (Å²) in [6.45, 7) is 10.6. The van der Waals surface area contributed by atoms with E-state index in [1.165, 1.54) is 18.3 Å². The Kier molecular flexibility index (Phi) is 8.63. The Balaban J connectivity index is 2.43. The Hall–Kier alpha value is -3.35. The molecule has 0 spiro atoms. The molecule has 2 rings (SSSR count). The van der Waals surface area contributed by atoms with Gasteiger partial charge in [-0.3, -0.25) is 5.32 Å². The Morgan fingerprint density at radius 2 is 1.42 bits per heavy atom. The van der Waals surface area contributed by atoms with E-state index in [0.717, 1.165) is 5.56 Å². The van der Waals surface area contributed by atoms with Gasteiger partial charge < -0.3 is 14.8 Å². The van der Waals surface area contributed by atoms with Crippen molar-refractivity contribution in [3.63, 3.8) is 0 Å². The lowest BCUT2D eigenvalue weighted by Crippen LogP contribution is -2.36. The van der Waals surface area contributed by atoms with Crippen LogP contribution in [-0.4, -0.2) is 23.4 Å². The highest BCUT2D eigenvalue weighted by Gasteiger charge is 2.24. The zero-order valence-corrected chi connectivity index (χ0v) is 20.1. The maximum Gasteiger partial charge on any atom is 0.411 e. The number of ether oxygens (including phenoxy) is 2. The van der Waals surface area contributed by atoms with Crippen LogP contribution in [0.15, 0.2) is 66.4 Å². The molecule has 1 atom stereocenters. The van der Waals surface area contributed by atoms with Gasteiger partial charge >= 0.3 is 12.2 Å². The highest BCUT2D eigenvalue weighted by molar-refractivity contribution is 5.70. The SMILES string of the molecule is CC(C)(C)OC(=O)N/C=C(\Cc1ccccc1)C(NC(=O)OC(C)(C)C)c1ccc(F)cc1. The molecular weight excluding hydrogens is 423 g/mol. The number of carbonyl (C=O) groups excluding carboxylic acids is 2. The van der Waals surface area contributed by atoms with Crippen molar-refractivity contribution in [2.45, 2.75) is 65.2 Å². The van der Waals surface area contributed by atoms with Gasteiger partial charge in [0.2, 0.25) is 0 Å². The first-order valence-electron chi connectivity index (χ1n) is 10.8. The summed E-state index contributed by atoms with van der Waals surface area (Å²) in [5.74, 6) is -0.393. The van der Waals surface area contributed by atoms with Gasteiger partial charge in [0, 0.05) is 6.20 Å². The number of carbonyl (C=O) groups is 2. The predicted molar refractivity (Wildman–Crippen MR) is 126 cm³/mol. The fourth-order valence-electron chi connectivity index (χ4n) is 3.00. The number of alkyl carbamates (subject to hydrolysis) is 2. The van der Waals surface area contributed by atoms with E-state index in [1.54, 1.807) is 53.7 Å². The van der Waals surface area contributed by atoms with Crippen molar-refractivity contribution in [1.82, 2.24) is 10.6 Å². The Morgan fingerprint density at radius 1 is 0.879 bits per heavy atom. The monoisotopic (exact) mass is 456 g/mol. The number of hydrogen-bond acceptors (Lipinski definition) is 4. The molecule has 1 unspecified atom stereocenters. The van der Waals surface area contributed by atoms with E-state index in [9.17, 15) is 14.0 Å². The van der Waals surface area contributed by atoms with E-state index in [0.29, 0.717) is 17.6 Å². The number of hydrogen-bond donors (Lipinski definition) is 2. The molecule has 2 N–H and O–H groups in total. The van der Waals surface area contributed by atoms with Gasteiger partial charge in [-0.05, 0) is 76.8 Å². The Morgan fingerprint density at radius 3 is 1.97 bits per heavy atom. The summed E-state index contributed by atoms with van der Waals surface area (Å²) >= 11 is 0. The van der Waals surface area contributed by atoms with Crippen molar-refractivity contribution >= 4 is 12.2 Å². The zero-order valence-electron chi connectivity index (χ0n) is 20.1. The van der Waals surface area contributed by atoms with Crippen LogP contribution in [0.1, 0.15) is 58.7 Å². The van der Waals surface area contributed by atoms with E-state index >= 15 is 0 Å². The minimum Gasteiger partial charge on any atom is -0.444 e. The van der Waals surface area contributed by atoms with Crippen molar-refractivity contribution in [2.24, 2.45) is 0 Å². The van der Waals surface area contributed by atoms with E-state index in [2.05, 4.69) is 10.6 Å². The summed E-state index contributed by atoms with van der Waals surface area (Å²) < 4.78 is 24.4. The van der Waals surface area contributed by atoms with Crippen LogP contribution >= 0.6 is 0 Å². The summed E-state index contributed by atoms with van der Waals surface area (Å²) in [5, 5.41) is 5.51. The third kappa shape index (κ3) is 9.76. The molecule has 0 aliphatic rings. The lowest BCUT2D eigenvalue weighted by Gasteiger charge is -2.26. The van der Waals surface area contributed by atoms with Gasteiger partial charge in [-0.2, -0.15) is 0 Å². The normalized spacial score (nSPS) is 13.1. The molecule has 33 heavy (non-hydrogen) atoms. The van der Waals surface area contributed by atoms with Crippen LogP contribution in [0.25, 0.3) is 0 Å². The average molecular weight is 457 g/mol. The number of benzene rings is 2. The zero-order chi connectivity index (χ0) is 24.6. The third-order valence-electron chi connectivity index (χ3n) is 4.26. The number of amides is 2.